The molecule has 0 heterocycles. The van der Waals surface area contributed by atoms with Crippen LogP contribution in [0.2, 0.25) is 0 Å². The molecule has 176 valence electrons. The van der Waals surface area contributed by atoms with Gasteiger partial charge < -0.3 is 14.2 Å². The molecule has 0 N–H and O–H groups in total. The van der Waals surface area contributed by atoms with Crippen LogP contribution in [0.25, 0.3) is 0 Å². The van der Waals surface area contributed by atoms with Crippen molar-refractivity contribution in [2.24, 2.45) is 39.4 Å². The highest BCUT2D eigenvalue weighted by Crippen LogP contribution is 2.29. The molecule has 0 aliphatic rings. The van der Waals surface area contributed by atoms with E-state index in [9.17, 15) is 0 Å². The maximum atomic E-state index is 6.18. The fraction of sp³-hybridized carbons (Fsp3) is 1.00. The van der Waals surface area contributed by atoms with Crippen LogP contribution < -0.4 is 0 Å². The van der Waals surface area contributed by atoms with Crippen LogP contribution in [0, 0.1) is 39.4 Å². The van der Waals surface area contributed by atoms with Gasteiger partial charge in [-0.05, 0) is 34.0 Å². The molecule has 29 heavy (non-hydrogen) atoms. The third kappa shape index (κ3) is 12.4. The second kappa shape index (κ2) is 11.5. The van der Waals surface area contributed by atoms with Gasteiger partial charge in [0.05, 0.1) is 19.8 Å². The summed E-state index contributed by atoms with van der Waals surface area (Å²) in [6, 6.07) is 0. The molecule has 0 aromatic rings. The molecule has 0 spiro atoms. The Hall–Kier alpha value is -0.120. The summed E-state index contributed by atoms with van der Waals surface area (Å²) >= 11 is 0. The van der Waals surface area contributed by atoms with Crippen molar-refractivity contribution < 1.29 is 14.2 Å². The molecule has 0 aliphatic heterocycles. The Morgan fingerprint density at radius 3 is 0.828 bits per heavy atom. The zero-order valence-corrected chi connectivity index (χ0v) is 22.2. The first-order chi connectivity index (χ1) is 12.9. The Morgan fingerprint density at radius 1 is 0.448 bits per heavy atom. The average Bonchev–Trinajstić information content (AvgIpc) is 2.51. The molecular formula is C26H54O3. The summed E-state index contributed by atoms with van der Waals surface area (Å²) in [4.78, 5) is 0. The lowest BCUT2D eigenvalue weighted by atomic mass is 9.82. The number of ether oxygens (including phenoxy) is 3. The van der Waals surface area contributed by atoms with E-state index in [1.807, 2.05) is 0 Å². The van der Waals surface area contributed by atoms with Gasteiger partial charge in [0.15, 0.2) is 0 Å². The highest BCUT2D eigenvalue weighted by atomic mass is 16.5. The van der Waals surface area contributed by atoms with Crippen LogP contribution in [0.15, 0.2) is 0 Å². The van der Waals surface area contributed by atoms with E-state index in [1.54, 1.807) is 0 Å². The topological polar surface area (TPSA) is 27.7 Å². The largest absolute Gasteiger partial charge is 0.380 e. The highest BCUT2D eigenvalue weighted by Gasteiger charge is 2.30. The normalized spacial score (nSPS) is 18.9. The van der Waals surface area contributed by atoms with E-state index in [0.717, 1.165) is 19.8 Å². The van der Waals surface area contributed by atoms with E-state index < -0.39 is 0 Å². The first-order valence-electron chi connectivity index (χ1n) is 11.6. The van der Waals surface area contributed by atoms with Crippen LogP contribution in [0.1, 0.15) is 90.0 Å². The quantitative estimate of drug-likeness (QED) is 0.341. The zero-order chi connectivity index (χ0) is 23.1. The molecule has 0 radical (unpaired) electrons. The van der Waals surface area contributed by atoms with Crippen LogP contribution >= 0.6 is 0 Å². The van der Waals surface area contributed by atoms with Gasteiger partial charge in [0.2, 0.25) is 0 Å². The number of hydrogen-bond donors (Lipinski definition) is 0. The Morgan fingerprint density at radius 2 is 0.655 bits per heavy atom. The summed E-state index contributed by atoms with van der Waals surface area (Å²) in [6.45, 7) is 33.8. The Kier molecular flexibility index (Phi) is 11.4. The molecule has 0 saturated heterocycles. The van der Waals surface area contributed by atoms with Crippen molar-refractivity contribution >= 4 is 0 Å². The van der Waals surface area contributed by atoms with Crippen molar-refractivity contribution in [3.63, 3.8) is 0 Å². The number of hydrogen-bond acceptors (Lipinski definition) is 3. The molecule has 3 unspecified atom stereocenters. The number of rotatable bonds is 12. The maximum absolute atomic E-state index is 6.18. The molecule has 0 saturated carbocycles. The van der Waals surface area contributed by atoms with Gasteiger partial charge in [-0.3, -0.25) is 0 Å². The highest BCUT2D eigenvalue weighted by molar-refractivity contribution is 4.77. The minimum atomic E-state index is -0.132. The Bertz CT molecular complexity index is 372. The summed E-state index contributed by atoms with van der Waals surface area (Å²) < 4.78 is 18.5. The van der Waals surface area contributed by atoms with Crippen molar-refractivity contribution in [1.29, 1.82) is 0 Å². The fourth-order valence-electron chi connectivity index (χ4n) is 2.32. The Balaban J connectivity index is 4.79. The minimum Gasteiger partial charge on any atom is -0.380 e. The van der Waals surface area contributed by atoms with Crippen molar-refractivity contribution in [2.45, 2.75) is 90.0 Å². The maximum Gasteiger partial charge on any atom is 0.0564 e. The summed E-state index contributed by atoms with van der Waals surface area (Å²) in [5.41, 5.74) is 0.641. The van der Waals surface area contributed by atoms with Crippen LogP contribution in [-0.2, 0) is 14.2 Å². The molecule has 3 heteroatoms. The van der Waals surface area contributed by atoms with Gasteiger partial charge in [-0.1, -0.05) is 90.0 Å². The summed E-state index contributed by atoms with van der Waals surface area (Å²) in [5, 5.41) is 0. The monoisotopic (exact) mass is 414 g/mol. The van der Waals surface area contributed by atoms with Gasteiger partial charge in [-0.25, -0.2) is 0 Å². The summed E-state index contributed by atoms with van der Waals surface area (Å²) in [7, 11) is 0. The molecule has 0 fully saturated rings. The molecule has 0 aromatic heterocycles. The molecule has 0 amide bonds. The third-order valence-corrected chi connectivity index (χ3v) is 6.89. The molecule has 0 rings (SSSR count). The van der Waals surface area contributed by atoms with E-state index in [4.69, 9.17) is 14.2 Å². The van der Waals surface area contributed by atoms with Gasteiger partial charge in [0, 0.05) is 25.2 Å². The van der Waals surface area contributed by atoms with E-state index in [0.29, 0.717) is 37.6 Å². The molecule has 0 aliphatic carbocycles. The van der Waals surface area contributed by atoms with E-state index in [1.165, 1.54) is 0 Å². The van der Waals surface area contributed by atoms with Crippen LogP contribution in [0.4, 0.5) is 0 Å². The molecular weight excluding hydrogens is 360 g/mol. The smallest absolute Gasteiger partial charge is 0.0564 e. The predicted molar refractivity (Wildman–Crippen MR) is 126 cm³/mol. The summed E-state index contributed by atoms with van der Waals surface area (Å²) in [6.07, 6.45) is 0. The second-order valence-electron chi connectivity index (χ2n) is 13.2. The second-order valence-corrected chi connectivity index (χ2v) is 13.2. The van der Waals surface area contributed by atoms with Crippen molar-refractivity contribution in [3.8, 4) is 0 Å². The van der Waals surface area contributed by atoms with E-state index in [2.05, 4.69) is 90.0 Å². The van der Waals surface area contributed by atoms with Gasteiger partial charge in [-0.2, -0.15) is 0 Å². The van der Waals surface area contributed by atoms with E-state index in [-0.39, 0.29) is 21.7 Å². The lowest BCUT2D eigenvalue weighted by Crippen LogP contribution is -2.37. The van der Waals surface area contributed by atoms with Crippen LogP contribution in [0.3, 0.4) is 0 Å². The predicted octanol–water partition coefficient (Wildman–Crippen LogP) is 7.09. The van der Waals surface area contributed by atoms with Gasteiger partial charge >= 0.3 is 0 Å². The van der Waals surface area contributed by atoms with Crippen molar-refractivity contribution in [2.75, 3.05) is 39.6 Å². The molecule has 3 nitrogen and oxygen atoms in total. The van der Waals surface area contributed by atoms with Crippen molar-refractivity contribution in [3.05, 3.63) is 0 Å². The SMILES string of the molecule is CC(COCC(C)(COCC(C)C(C)(C)C)COCC(C)C(C)(C)C)C(C)(C)C. The van der Waals surface area contributed by atoms with Gasteiger partial charge in [0.25, 0.3) is 0 Å². The lowest BCUT2D eigenvalue weighted by Gasteiger charge is -2.34. The third-order valence-electron chi connectivity index (χ3n) is 6.89. The van der Waals surface area contributed by atoms with E-state index >= 15 is 0 Å². The van der Waals surface area contributed by atoms with Crippen LogP contribution in [0.5, 0.6) is 0 Å². The van der Waals surface area contributed by atoms with Crippen molar-refractivity contribution in [1.82, 2.24) is 0 Å². The molecule has 0 aromatic carbocycles. The lowest BCUT2D eigenvalue weighted by molar-refractivity contribution is -0.0840. The van der Waals surface area contributed by atoms with Gasteiger partial charge in [0.1, 0.15) is 0 Å². The summed E-state index contributed by atoms with van der Waals surface area (Å²) in [5.74, 6) is 1.53. The Labute approximate surface area is 183 Å². The standard InChI is InChI=1S/C26H54O3/c1-20(23(4,5)6)14-27-17-26(13,18-28-15-21(2)24(7,8)9)19-29-16-22(3)25(10,11)12/h20-22H,14-19H2,1-13H3. The fourth-order valence-corrected chi connectivity index (χ4v) is 2.32. The van der Waals surface area contributed by atoms with Gasteiger partial charge in [-0.15, -0.1) is 0 Å². The molecule has 3 atom stereocenters. The van der Waals surface area contributed by atoms with Crippen LogP contribution in [-0.4, -0.2) is 39.6 Å². The first kappa shape index (κ1) is 28.9. The zero-order valence-electron chi connectivity index (χ0n) is 22.2. The first-order valence-corrected chi connectivity index (χ1v) is 11.6. The minimum absolute atomic E-state index is 0.132. The average molecular weight is 415 g/mol. The molecule has 0 bridgehead atoms.